The summed E-state index contributed by atoms with van der Waals surface area (Å²) in [5, 5.41) is 0. The van der Waals surface area contributed by atoms with Crippen molar-refractivity contribution in [1.82, 2.24) is 0 Å². The van der Waals surface area contributed by atoms with Crippen LogP contribution in [-0.4, -0.2) is 24.3 Å². The van der Waals surface area contributed by atoms with E-state index in [1.165, 1.54) is 36.6 Å². The molecule has 0 aliphatic heterocycles. The number of aryl methyl sites for hydroxylation is 1. The van der Waals surface area contributed by atoms with E-state index in [0.717, 1.165) is 5.56 Å². The van der Waals surface area contributed by atoms with Gasteiger partial charge in [-0.05, 0) is 55.0 Å². The van der Waals surface area contributed by atoms with Crippen molar-refractivity contribution in [1.29, 1.82) is 0 Å². The van der Waals surface area contributed by atoms with E-state index in [9.17, 15) is 14.4 Å². The average molecular weight is 364 g/mol. The first kappa shape index (κ1) is 18.1. The molecule has 0 saturated carbocycles. The predicted octanol–water partition coefficient (Wildman–Crippen LogP) is 3.85. The summed E-state index contributed by atoms with van der Waals surface area (Å²) in [6, 6.07) is 16.0. The standard InChI is InChI=1S/C21H16O6/c1-14-5-2-3-6-17(14)20(23)26-13-18(22)15-8-10-16(11-9-15)27-21(24)19-7-4-12-25-19/h2-12H,13H2,1H3. The Morgan fingerprint density at radius 3 is 2.30 bits per heavy atom. The van der Waals surface area contributed by atoms with Crippen LogP contribution in [0.4, 0.5) is 0 Å². The van der Waals surface area contributed by atoms with Gasteiger partial charge in [-0.2, -0.15) is 0 Å². The summed E-state index contributed by atoms with van der Waals surface area (Å²) in [5.74, 6) is -1.19. The van der Waals surface area contributed by atoms with Gasteiger partial charge in [0.25, 0.3) is 0 Å². The predicted molar refractivity (Wildman–Crippen MR) is 95.9 cm³/mol. The summed E-state index contributed by atoms with van der Waals surface area (Å²) in [5.41, 5.74) is 1.54. The second kappa shape index (κ2) is 8.14. The summed E-state index contributed by atoms with van der Waals surface area (Å²) in [6.07, 6.45) is 1.37. The van der Waals surface area contributed by atoms with Gasteiger partial charge in [-0.1, -0.05) is 18.2 Å². The van der Waals surface area contributed by atoms with Crippen LogP contribution in [0.5, 0.6) is 5.75 Å². The van der Waals surface area contributed by atoms with Gasteiger partial charge in [0.15, 0.2) is 12.4 Å². The molecule has 0 amide bonds. The van der Waals surface area contributed by atoms with Gasteiger partial charge in [0.2, 0.25) is 5.76 Å². The molecule has 0 aliphatic carbocycles. The Bertz CT molecular complexity index is 955. The topological polar surface area (TPSA) is 82.8 Å². The molecular weight excluding hydrogens is 348 g/mol. The number of benzene rings is 2. The molecule has 6 nitrogen and oxygen atoms in total. The van der Waals surface area contributed by atoms with Crippen molar-refractivity contribution in [2.45, 2.75) is 6.92 Å². The minimum absolute atomic E-state index is 0.0817. The molecule has 2 aromatic carbocycles. The number of carbonyl (C=O) groups is 3. The zero-order valence-corrected chi connectivity index (χ0v) is 14.5. The van der Waals surface area contributed by atoms with Crippen LogP contribution in [0.15, 0.2) is 71.3 Å². The van der Waals surface area contributed by atoms with Crippen molar-refractivity contribution in [3.05, 3.63) is 89.4 Å². The molecule has 0 radical (unpaired) electrons. The van der Waals surface area contributed by atoms with Crippen LogP contribution in [0.2, 0.25) is 0 Å². The fourth-order valence-corrected chi connectivity index (χ4v) is 2.36. The van der Waals surface area contributed by atoms with Crippen LogP contribution in [0.1, 0.15) is 36.8 Å². The summed E-state index contributed by atoms with van der Waals surface area (Å²) in [4.78, 5) is 36.0. The molecule has 136 valence electrons. The maximum atomic E-state index is 12.2. The highest BCUT2D eigenvalue weighted by Gasteiger charge is 2.15. The Labute approximate surface area is 155 Å². The molecule has 27 heavy (non-hydrogen) atoms. The van der Waals surface area contributed by atoms with E-state index in [1.54, 1.807) is 31.2 Å². The molecule has 0 atom stereocenters. The minimum atomic E-state index is -0.633. The molecule has 6 heteroatoms. The number of carbonyl (C=O) groups excluding carboxylic acids is 3. The summed E-state index contributed by atoms with van der Waals surface area (Å²) in [7, 11) is 0. The van der Waals surface area contributed by atoms with E-state index in [1.807, 2.05) is 6.07 Å². The van der Waals surface area contributed by atoms with Crippen molar-refractivity contribution in [2.75, 3.05) is 6.61 Å². The molecule has 3 aromatic rings. The molecule has 0 aliphatic rings. The lowest BCUT2D eigenvalue weighted by atomic mass is 10.1. The number of hydrogen-bond acceptors (Lipinski definition) is 6. The number of furan rings is 1. The number of hydrogen-bond donors (Lipinski definition) is 0. The van der Waals surface area contributed by atoms with E-state index >= 15 is 0 Å². The Kier molecular flexibility index (Phi) is 5.47. The lowest BCUT2D eigenvalue weighted by molar-refractivity contribution is 0.0474. The zero-order chi connectivity index (χ0) is 19.2. The maximum Gasteiger partial charge on any atom is 0.379 e. The monoisotopic (exact) mass is 364 g/mol. The average Bonchev–Trinajstić information content (AvgIpc) is 3.22. The number of ether oxygens (including phenoxy) is 2. The quantitative estimate of drug-likeness (QED) is 0.375. The van der Waals surface area contributed by atoms with Crippen LogP contribution in [0.25, 0.3) is 0 Å². The summed E-state index contributed by atoms with van der Waals surface area (Å²) in [6.45, 7) is 1.42. The van der Waals surface area contributed by atoms with Gasteiger partial charge < -0.3 is 13.9 Å². The second-order valence-corrected chi connectivity index (χ2v) is 5.71. The lowest BCUT2D eigenvalue weighted by Crippen LogP contribution is -2.15. The van der Waals surface area contributed by atoms with Crippen LogP contribution < -0.4 is 4.74 Å². The Morgan fingerprint density at radius 2 is 1.63 bits per heavy atom. The minimum Gasteiger partial charge on any atom is -0.457 e. The van der Waals surface area contributed by atoms with Gasteiger partial charge >= 0.3 is 11.9 Å². The normalized spacial score (nSPS) is 10.3. The van der Waals surface area contributed by atoms with Gasteiger partial charge in [0.1, 0.15) is 5.75 Å². The van der Waals surface area contributed by atoms with Crippen molar-refractivity contribution < 1.29 is 28.3 Å². The first-order valence-electron chi connectivity index (χ1n) is 8.16. The third kappa shape index (κ3) is 4.49. The zero-order valence-electron chi connectivity index (χ0n) is 14.5. The first-order valence-corrected chi connectivity index (χ1v) is 8.16. The van der Waals surface area contributed by atoms with E-state index in [0.29, 0.717) is 11.1 Å². The number of rotatable bonds is 6. The highest BCUT2D eigenvalue weighted by Crippen LogP contribution is 2.15. The number of Topliss-reactive ketones (excluding diaryl/α,β-unsaturated/α-hetero) is 1. The number of esters is 2. The molecule has 1 heterocycles. The SMILES string of the molecule is Cc1ccccc1C(=O)OCC(=O)c1ccc(OC(=O)c2ccco2)cc1. The van der Waals surface area contributed by atoms with Crippen molar-refractivity contribution in [2.24, 2.45) is 0 Å². The highest BCUT2D eigenvalue weighted by molar-refractivity contribution is 5.99. The van der Waals surface area contributed by atoms with Gasteiger partial charge in [0.05, 0.1) is 11.8 Å². The Hall–Kier alpha value is -3.67. The highest BCUT2D eigenvalue weighted by atomic mass is 16.5. The van der Waals surface area contributed by atoms with E-state index in [4.69, 9.17) is 13.9 Å². The summed E-state index contributed by atoms with van der Waals surface area (Å²) < 4.78 is 15.2. The van der Waals surface area contributed by atoms with Crippen LogP contribution in [-0.2, 0) is 4.74 Å². The van der Waals surface area contributed by atoms with E-state index in [2.05, 4.69) is 0 Å². The molecule has 1 aromatic heterocycles. The maximum absolute atomic E-state index is 12.2. The van der Waals surface area contributed by atoms with Gasteiger partial charge in [-0.25, -0.2) is 9.59 Å². The molecule has 0 bridgehead atoms. The Morgan fingerprint density at radius 1 is 0.889 bits per heavy atom. The first-order chi connectivity index (χ1) is 13.0. The molecule has 0 saturated heterocycles. The smallest absolute Gasteiger partial charge is 0.379 e. The van der Waals surface area contributed by atoms with Gasteiger partial charge in [0, 0.05) is 5.56 Å². The number of ketones is 1. The van der Waals surface area contributed by atoms with Crippen molar-refractivity contribution >= 4 is 17.7 Å². The Balaban J connectivity index is 1.57. The molecule has 0 spiro atoms. The fraction of sp³-hybridized carbons (Fsp3) is 0.0952. The molecule has 3 rings (SSSR count). The molecule has 0 fully saturated rings. The largest absolute Gasteiger partial charge is 0.457 e. The van der Waals surface area contributed by atoms with E-state index in [-0.39, 0.29) is 23.9 Å². The van der Waals surface area contributed by atoms with E-state index < -0.39 is 11.9 Å². The van der Waals surface area contributed by atoms with Crippen LogP contribution in [0.3, 0.4) is 0 Å². The second-order valence-electron chi connectivity index (χ2n) is 5.71. The van der Waals surface area contributed by atoms with Crippen LogP contribution in [0, 0.1) is 6.92 Å². The van der Waals surface area contributed by atoms with Crippen molar-refractivity contribution in [3.8, 4) is 5.75 Å². The van der Waals surface area contributed by atoms with Gasteiger partial charge in [-0.15, -0.1) is 0 Å². The fourth-order valence-electron chi connectivity index (χ4n) is 2.36. The molecule has 0 N–H and O–H groups in total. The van der Waals surface area contributed by atoms with Gasteiger partial charge in [-0.3, -0.25) is 4.79 Å². The third-order valence-corrected chi connectivity index (χ3v) is 3.81. The summed E-state index contributed by atoms with van der Waals surface area (Å²) >= 11 is 0. The van der Waals surface area contributed by atoms with Crippen molar-refractivity contribution in [3.63, 3.8) is 0 Å². The molecular formula is C21H16O6. The lowest BCUT2D eigenvalue weighted by Gasteiger charge is -2.07. The third-order valence-electron chi connectivity index (χ3n) is 3.81. The van der Waals surface area contributed by atoms with Crippen LogP contribution >= 0.6 is 0 Å². The molecule has 0 unspecified atom stereocenters.